The lowest BCUT2D eigenvalue weighted by Gasteiger charge is -2.18. The van der Waals surface area contributed by atoms with E-state index in [4.69, 9.17) is 15.2 Å². The standard InChI is InChI=1S/C19H24N2O3.ClH/c1-13(16-12-15(23-2)9-10-18(16)24-3)21-19(22)11-8-14-6-4-5-7-17(14)20;/h4-7,9-10,12-13H,8,11,20H2,1-3H3,(H,21,22);1H. The van der Waals surface area contributed by atoms with Crippen molar-refractivity contribution in [3.8, 4) is 11.5 Å². The summed E-state index contributed by atoms with van der Waals surface area (Å²) in [6.45, 7) is 1.92. The summed E-state index contributed by atoms with van der Waals surface area (Å²) in [5.74, 6) is 1.41. The van der Waals surface area contributed by atoms with E-state index >= 15 is 0 Å². The Labute approximate surface area is 154 Å². The first-order valence-electron chi connectivity index (χ1n) is 7.89. The molecule has 1 amide bonds. The molecular weight excluding hydrogens is 340 g/mol. The molecule has 0 fully saturated rings. The number of rotatable bonds is 7. The lowest BCUT2D eigenvalue weighted by molar-refractivity contribution is -0.121. The second-order valence-corrected chi connectivity index (χ2v) is 5.60. The first-order chi connectivity index (χ1) is 11.5. The van der Waals surface area contributed by atoms with Crippen LogP contribution in [0.1, 0.15) is 30.5 Å². The van der Waals surface area contributed by atoms with E-state index in [0.29, 0.717) is 18.5 Å². The molecule has 0 heterocycles. The van der Waals surface area contributed by atoms with E-state index in [0.717, 1.165) is 22.6 Å². The van der Waals surface area contributed by atoms with Crippen LogP contribution in [-0.2, 0) is 11.2 Å². The van der Waals surface area contributed by atoms with Crippen molar-refractivity contribution < 1.29 is 14.3 Å². The van der Waals surface area contributed by atoms with Crippen LogP contribution in [0.5, 0.6) is 11.5 Å². The molecule has 5 nitrogen and oxygen atoms in total. The lowest BCUT2D eigenvalue weighted by atomic mass is 10.0. The van der Waals surface area contributed by atoms with E-state index < -0.39 is 0 Å². The van der Waals surface area contributed by atoms with Crippen molar-refractivity contribution >= 4 is 24.0 Å². The molecule has 0 aliphatic carbocycles. The molecule has 136 valence electrons. The molecule has 1 unspecified atom stereocenters. The Bertz CT molecular complexity index is 707. The smallest absolute Gasteiger partial charge is 0.220 e. The number of aryl methyl sites for hydroxylation is 1. The molecule has 25 heavy (non-hydrogen) atoms. The average Bonchev–Trinajstić information content (AvgIpc) is 2.60. The second-order valence-electron chi connectivity index (χ2n) is 5.60. The first-order valence-corrected chi connectivity index (χ1v) is 7.89. The summed E-state index contributed by atoms with van der Waals surface area (Å²) in [7, 11) is 3.22. The van der Waals surface area contributed by atoms with Crippen LogP contribution in [0.3, 0.4) is 0 Å². The minimum atomic E-state index is -0.185. The summed E-state index contributed by atoms with van der Waals surface area (Å²) < 4.78 is 10.6. The fraction of sp³-hybridized carbons (Fsp3) is 0.316. The zero-order chi connectivity index (χ0) is 17.5. The summed E-state index contributed by atoms with van der Waals surface area (Å²) in [4.78, 5) is 12.2. The van der Waals surface area contributed by atoms with E-state index in [1.807, 2.05) is 49.4 Å². The highest BCUT2D eigenvalue weighted by Gasteiger charge is 2.15. The maximum absolute atomic E-state index is 12.2. The zero-order valence-electron chi connectivity index (χ0n) is 14.7. The van der Waals surface area contributed by atoms with Gasteiger partial charge in [0.15, 0.2) is 0 Å². The van der Waals surface area contributed by atoms with Gasteiger partial charge in [-0.3, -0.25) is 4.79 Å². The molecular formula is C19H25ClN2O3. The molecule has 0 aromatic heterocycles. The van der Waals surface area contributed by atoms with Crippen LogP contribution in [0.25, 0.3) is 0 Å². The number of benzene rings is 2. The number of ether oxygens (including phenoxy) is 2. The van der Waals surface area contributed by atoms with Gasteiger partial charge in [0.25, 0.3) is 0 Å². The highest BCUT2D eigenvalue weighted by molar-refractivity contribution is 5.85. The number of hydrogen-bond donors (Lipinski definition) is 2. The highest BCUT2D eigenvalue weighted by Crippen LogP contribution is 2.29. The van der Waals surface area contributed by atoms with Crippen LogP contribution in [0, 0.1) is 0 Å². The van der Waals surface area contributed by atoms with E-state index in [1.165, 1.54) is 0 Å². The summed E-state index contributed by atoms with van der Waals surface area (Å²) in [6.07, 6.45) is 0.991. The molecule has 0 radical (unpaired) electrons. The number of halogens is 1. The van der Waals surface area contributed by atoms with Gasteiger partial charge in [-0.25, -0.2) is 0 Å². The molecule has 2 aromatic rings. The topological polar surface area (TPSA) is 73.6 Å². The quantitative estimate of drug-likeness (QED) is 0.737. The van der Waals surface area contributed by atoms with Gasteiger partial charge in [-0.05, 0) is 43.2 Å². The molecule has 2 rings (SSSR count). The van der Waals surface area contributed by atoms with Crippen LogP contribution in [0.4, 0.5) is 5.69 Å². The molecule has 0 saturated carbocycles. The van der Waals surface area contributed by atoms with Crippen molar-refractivity contribution in [1.82, 2.24) is 5.32 Å². The van der Waals surface area contributed by atoms with Gasteiger partial charge in [0.1, 0.15) is 11.5 Å². The molecule has 2 aromatic carbocycles. The molecule has 6 heteroatoms. The fourth-order valence-corrected chi connectivity index (χ4v) is 2.58. The fourth-order valence-electron chi connectivity index (χ4n) is 2.58. The van der Waals surface area contributed by atoms with Gasteiger partial charge in [0, 0.05) is 17.7 Å². The van der Waals surface area contributed by atoms with Gasteiger partial charge < -0.3 is 20.5 Å². The number of nitrogen functional groups attached to an aromatic ring is 1. The molecule has 1 atom stereocenters. The van der Waals surface area contributed by atoms with Crippen molar-refractivity contribution in [1.29, 1.82) is 0 Å². The first kappa shape index (κ1) is 20.6. The van der Waals surface area contributed by atoms with Gasteiger partial charge in [-0.15, -0.1) is 12.4 Å². The number of amides is 1. The van der Waals surface area contributed by atoms with E-state index in [2.05, 4.69) is 5.32 Å². The Balaban J connectivity index is 0.00000312. The maximum atomic E-state index is 12.2. The molecule has 0 aliphatic rings. The van der Waals surface area contributed by atoms with Crippen LogP contribution in [-0.4, -0.2) is 20.1 Å². The van der Waals surface area contributed by atoms with Crippen molar-refractivity contribution in [2.45, 2.75) is 25.8 Å². The third-order valence-electron chi connectivity index (χ3n) is 3.96. The predicted molar refractivity (Wildman–Crippen MR) is 103 cm³/mol. The van der Waals surface area contributed by atoms with Gasteiger partial charge >= 0.3 is 0 Å². The maximum Gasteiger partial charge on any atom is 0.220 e. The normalized spacial score (nSPS) is 11.2. The third kappa shape index (κ3) is 5.57. The number of carbonyl (C=O) groups excluding carboxylic acids is 1. The monoisotopic (exact) mass is 364 g/mol. The van der Waals surface area contributed by atoms with Crippen molar-refractivity contribution in [3.63, 3.8) is 0 Å². The number of para-hydroxylation sites is 1. The van der Waals surface area contributed by atoms with Crippen molar-refractivity contribution in [2.75, 3.05) is 20.0 Å². The minimum Gasteiger partial charge on any atom is -0.497 e. The Morgan fingerprint density at radius 3 is 2.52 bits per heavy atom. The third-order valence-corrected chi connectivity index (χ3v) is 3.96. The minimum absolute atomic E-state index is 0. The Morgan fingerprint density at radius 2 is 1.88 bits per heavy atom. The number of methoxy groups -OCH3 is 2. The lowest BCUT2D eigenvalue weighted by Crippen LogP contribution is -2.27. The highest BCUT2D eigenvalue weighted by atomic mass is 35.5. The molecule has 0 saturated heterocycles. The summed E-state index contributed by atoms with van der Waals surface area (Å²) in [6, 6.07) is 12.9. The van der Waals surface area contributed by atoms with Crippen LogP contribution in [0.2, 0.25) is 0 Å². The molecule has 3 N–H and O–H groups in total. The van der Waals surface area contributed by atoms with Gasteiger partial charge in [0.2, 0.25) is 5.91 Å². The Kier molecular flexibility index (Phi) is 8.08. The SMILES string of the molecule is COc1ccc(OC)c(C(C)NC(=O)CCc2ccccc2N)c1.Cl. The molecule has 0 aliphatic heterocycles. The summed E-state index contributed by atoms with van der Waals surface area (Å²) in [5, 5.41) is 3.00. The molecule has 0 bridgehead atoms. The van der Waals surface area contributed by atoms with Gasteiger partial charge in [-0.1, -0.05) is 18.2 Å². The number of hydrogen-bond acceptors (Lipinski definition) is 4. The zero-order valence-corrected chi connectivity index (χ0v) is 15.6. The van der Waals surface area contributed by atoms with E-state index in [-0.39, 0.29) is 24.4 Å². The van der Waals surface area contributed by atoms with E-state index in [1.54, 1.807) is 14.2 Å². The van der Waals surface area contributed by atoms with Gasteiger partial charge in [-0.2, -0.15) is 0 Å². The second kappa shape index (κ2) is 9.79. The van der Waals surface area contributed by atoms with Crippen molar-refractivity contribution in [2.24, 2.45) is 0 Å². The van der Waals surface area contributed by atoms with E-state index in [9.17, 15) is 4.79 Å². The van der Waals surface area contributed by atoms with Crippen molar-refractivity contribution in [3.05, 3.63) is 53.6 Å². The summed E-state index contributed by atoms with van der Waals surface area (Å²) in [5.41, 5.74) is 8.49. The Morgan fingerprint density at radius 1 is 1.16 bits per heavy atom. The number of nitrogens with two attached hydrogens (primary N) is 1. The average molecular weight is 365 g/mol. The summed E-state index contributed by atoms with van der Waals surface area (Å²) >= 11 is 0. The van der Waals surface area contributed by atoms with Crippen LogP contribution >= 0.6 is 12.4 Å². The molecule has 0 spiro atoms. The number of nitrogens with one attached hydrogen (secondary N) is 1. The Hall–Kier alpha value is -2.40. The predicted octanol–water partition coefficient (Wildman–Crippen LogP) is 3.52. The van der Waals surface area contributed by atoms with Gasteiger partial charge in [0.05, 0.1) is 20.3 Å². The number of anilines is 1. The van der Waals surface area contributed by atoms with Crippen LogP contribution < -0.4 is 20.5 Å². The number of carbonyl (C=O) groups is 1. The largest absolute Gasteiger partial charge is 0.497 e. The van der Waals surface area contributed by atoms with Crippen LogP contribution in [0.15, 0.2) is 42.5 Å².